The summed E-state index contributed by atoms with van der Waals surface area (Å²) in [6.07, 6.45) is 0.164. The molecule has 10 heteroatoms. The molecule has 1 aromatic carbocycles. The Morgan fingerprint density at radius 3 is 2.71 bits per heavy atom. The number of alkyl halides is 3. The highest BCUT2D eigenvalue weighted by atomic mass is 19.4. The van der Waals surface area contributed by atoms with Crippen LogP contribution < -0.4 is 4.74 Å². The van der Waals surface area contributed by atoms with Gasteiger partial charge in [-0.2, -0.15) is 4.98 Å². The van der Waals surface area contributed by atoms with Crippen LogP contribution in [0.4, 0.5) is 13.2 Å². The predicted octanol–water partition coefficient (Wildman–Crippen LogP) is 4.50. The lowest BCUT2D eigenvalue weighted by atomic mass is 10.0. The van der Waals surface area contributed by atoms with Crippen LogP contribution in [-0.4, -0.2) is 44.5 Å². The second-order valence-corrected chi connectivity index (χ2v) is 7.45. The van der Waals surface area contributed by atoms with Crippen molar-refractivity contribution in [1.29, 1.82) is 0 Å². The van der Waals surface area contributed by atoms with E-state index >= 15 is 0 Å². The molecule has 31 heavy (non-hydrogen) atoms. The Morgan fingerprint density at radius 1 is 1.23 bits per heavy atom. The Kier molecular flexibility index (Phi) is 5.71. The highest BCUT2D eigenvalue weighted by molar-refractivity contribution is 5.77. The van der Waals surface area contributed by atoms with Gasteiger partial charge in [-0.15, -0.1) is 13.2 Å². The second kappa shape index (κ2) is 8.44. The standard InChI is InChI=1S/C21H21F3N4O3/c1-14-5-2-3-12-28(14)18(29)13-27-11-4-6-17(27)20-25-19(26-31-20)15-7-9-16(10-8-15)30-21(22,23)24/h4,6-11,14H,2-3,5,12-13H2,1H3/t14-/m1/s1. The van der Waals surface area contributed by atoms with Crippen LogP contribution in [-0.2, 0) is 11.3 Å². The van der Waals surface area contributed by atoms with Gasteiger partial charge in [0, 0.05) is 24.3 Å². The van der Waals surface area contributed by atoms with Gasteiger partial charge in [0.05, 0.1) is 0 Å². The second-order valence-electron chi connectivity index (χ2n) is 7.45. The summed E-state index contributed by atoms with van der Waals surface area (Å²) in [6.45, 7) is 2.98. The van der Waals surface area contributed by atoms with Crippen LogP contribution in [0.15, 0.2) is 47.1 Å². The molecule has 4 rings (SSSR count). The van der Waals surface area contributed by atoms with Crippen LogP contribution in [0.2, 0.25) is 0 Å². The predicted molar refractivity (Wildman–Crippen MR) is 105 cm³/mol. The summed E-state index contributed by atoms with van der Waals surface area (Å²) in [5, 5.41) is 3.91. The van der Waals surface area contributed by atoms with E-state index in [2.05, 4.69) is 21.8 Å². The van der Waals surface area contributed by atoms with Gasteiger partial charge in [-0.05, 0) is 62.6 Å². The molecule has 1 amide bonds. The third-order valence-corrected chi connectivity index (χ3v) is 5.25. The molecular weight excluding hydrogens is 413 g/mol. The quantitative estimate of drug-likeness (QED) is 0.591. The molecule has 1 fully saturated rings. The number of hydrogen-bond acceptors (Lipinski definition) is 5. The number of ether oxygens (including phenoxy) is 1. The summed E-state index contributed by atoms with van der Waals surface area (Å²) in [6, 6.07) is 8.96. The van der Waals surface area contributed by atoms with Gasteiger partial charge in [-0.1, -0.05) is 5.16 Å². The monoisotopic (exact) mass is 434 g/mol. The van der Waals surface area contributed by atoms with Gasteiger partial charge in [-0.3, -0.25) is 4.79 Å². The topological polar surface area (TPSA) is 73.4 Å². The van der Waals surface area contributed by atoms with Crippen molar-refractivity contribution in [1.82, 2.24) is 19.6 Å². The van der Waals surface area contributed by atoms with Crippen molar-refractivity contribution < 1.29 is 27.2 Å². The number of amides is 1. The molecule has 1 aliphatic heterocycles. The minimum absolute atomic E-state index is 0.0321. The first-order valence-electron chi connectivity index (χ1n) is 9.95. The van der Waals surface area contributed by atoms with Crippen LogP contribution in [0.1, 0.15) is 26.2 Å². The molecule has 2 aromatic heterocycles. The van der Waals surface area contributed by atoms with Crippen molar-refractivity contribution in [3.05, 3.63) is 42.6 Å². The molecule has 0 aliphatic carbocycles. The van der Waals surface area contributed by atoms with Gasteiger partial charge >= 0.3 is 6.36 Å². The Labute approximate surface area is 176 Å². The van der Waals surface area contributed by atoms with Crippen molar-refractivity contribution in [3.8, 4) is 28.7 Å². The summed E-state index contributed by atoms with van der Waals surface area (Å²) in [5.41, 5.74) is 1.06. The fourth-order valence-electron chi connectivity index (χ4n) is 3.70. The molecule has 0 unspecified atom stereocenters. The first-order chi connectivity index (χ1) is 14.8. The Balaban J connectivity index is 1.49. The molecule has 1 aliphatic rings. The fraction of sp³-hybridized carbons (Fsp3) is 0.381. The Bertz CT molecular complexity index is 1040. The van der Waals surface area contributed by atoms with Crippen molar-refractivity contribution >= 4 is 5.91 Å². The van der Waals surface area contributed by atoms with E-state index < -0.39 is 6.36 Å². The zero-order chi connectivity index (χ0) is 22.0. The molecule has 164 valence electrons. The average molecular weight is 434 g/mol. The number of nitrogens with zero attached hydrogens (tertiary/aromatic N) is 4. The molecule has 3 aromatic rings. The van der Waals surface area contributed by atoms with Crippen molar-refractivity contribution in [3.63, 3.8) is 0 Å². The lowest BCUT2D eigenvalue weighted by Gasteiger charge is -2.33. The summed E-state index contributed by atoms with van der Waals surface area (Å²) in [4.78, 5) is 19.0. The summed E-state index contributed by atoms with van der Waals surface area (Å²) in [5.74, 6) is 0.135. The van der Waals surface area contributed by atoms with Crippen molar-refractivity contribution in [2.45, 2.75) is 45.1 Å². The van der Waals surface area contributed by atoms with Gasteiger partial charge in [0.1, 0.15) is 18.0 Å². The highest BCUT2D eigenvalue weighted by Crippen LogP contribution is 2.27. The van der Waals surface area contributed by atoms with E-state index in [9.17, 15) is 18.0 Å². The van der Waals surface area contributed by atoms with Crippen LogP contribution >= 0.6 is 0 Å². The van der Waals surface area contributed by atoms with E-state index in [1.54, 1.807) is 22.9 Å². The average Bonchev–Trinajstić information content (AvgIpc) is 3.37. The lowest BCUT2D eigenvalue weighted by Crippen LogP contribution is -2.43. The van der Waals surface area contributed by atoms with E-state index in [0.29, 0.717) is 11.3 Å². The van der Waals surface area contributed by atoms with Crippen molar-refractivity contribution in [2.24, 2.45) is 0 Å². The molecule has 0 bridgehead atoms. The van der Waals surface area contributed by atoms with Crippen molar-refractivity contribution in [2.75, 3.05) is 6.54 Å². The minimum Gasteiger partial charge on any atom is -0.406 e. The number of carbonyl (C=O) groups excluding carboxylic acids is 1. The maximum atomic E-state index is 12.8. The molecule has 0 spiro atoms. The van der Waals surface area contributed by atoms with E-state index in [1.807, 2.05) is 4.90 Å². The Morgan fingerprint density at radius 2 is 2.00 bits per heavy atom. The number of benzene rings is 1. The maximum Gasteiger partial charge on any atom is 0.573 e. The molecule has 0 saturated carbocycles. The first-order valence-corrected chi connectivity index (χ1v) is 9.95. The number of hydrogen-bond donors (Lipinski definition) is 0. The van der Waals surface area contributed by atoms with Crippen LogP contribution in [0.25, 0.3) is 23.0 Å². The minimum atomic E-state index is -4.75. The highest BCUT2D eigenvalue weighted by Gasteiger charge is 2.31. The van der Waals surface area contributed by atoms with Crippen LogP contribution in [0.5, 0.6) is 5.75 Å². The number of rotatable bonds is 5. The maximum absolute atomic E-state index is 12.8. The van der Waals surface area contributed by atoms with Gasteiger partial charge in [0.2, 0.25) is 11.7 Å². The van der Waals surface area contributed by atoms with Gasteiger partial charge in [-0.25, -0.2) is 0 Å². The SMILES string of the molecule is C[C@@H]1CCCCN1C(=O)Cn1cccc1-c1nc(-c2ccc(OC(F)(F)F)cc2)no1. The largest absolute Gasteiger partial charge is 0.573 e. The normalized spacial score (nSPS) is 17.0. The summed E-state index contributed by atoms with van der Waals surface area (Å²) >= 11 is 0. The van der Waals surface area contributed by atoms with Crippen LogP contribution in [0, 0.1) is 0 Å². The van der Waals surface area contributed by atoms with Crippen LogP contribution in [0.3, 0.4) is 0 Å². The number of aromatic nitrogens is 3. The first kappa shape index (κ1) is 21.0. The van der Waals surface area contributed by atoms with E-state index in [1.165, 1.54) is 24.3 Å². The zero-order valence-corrected chi connectivity index (χ0v) is 16.8. The number of likely N-dealkylation sites (tertiary alicyclic amines) is 1. The fourth-order valence-corrected chi connectivity index (χ4v) is 3.70. The third-order valence-electron chi connectivity index (χ3n) is 5.25. The summed E-state index contributed by atoms with van der Waals surface area (Å²) in [7, 11) is 0. The van der Waals surface area contributed by atoms with E-state index in [-0.39, 0.29) is 36.0 Å². The zero-order valence-electron chi connectivity index (χ0n) is 16.8. The van der Waals surface area contributed by atoms with Gasteiger partial charge in [0.25, 0.3) is 5.89 Å². The van der Waals surface area contributed by atoms with Gasteiger partial charge < -0.3 is 18.7 Å². The number of piperidine rings is 1. The Hall–Kier alpha value is -3.30. The molecule has 0 radical (unpaired) electrons. The smallest absolute Gasteiger partial charge is 0.406 e. The number of halogens is 3. The third kappa shape index (κ3) is 4.89. The molecule has 7 nitrogen and oxygen atoms in total. The molecule has 1 saturated heterocycles. The van der Waals surface area contributed by atoms with E-state index in [4.69, 9.17) is 4.52 Å². The van der Waals surface area contributed by atoms with Gasteiger partial charge in [0.15, 0.2) is 0 Å². The van der Waals surface area contributed by atoms with E-state index in [0.717, 1.165) is 25.8 Å². The summed E-state index contributed by atoms with van der Waals surface area (Å²) < 4.78 is 47.9. The molecule has 3 heterocycles. The number of carbonyl (C=O) groups is 1. The molecular formula is C21H21F3N4O3. The molecule has 0 N–H and O–H groups in total. The lowest BCUT2D eigenvalue weighted by molar-refractivity contribution is -0.274. The molecule has 1 atom stereocenters.